The molecule has 6 heteroatoms. The van der Waals surface area contributed by atoms with Gasteiger partial charge in [-0.1, -0.05) is 25.3 Å². The highest BCUT2D eigenvalue weighted by atomic mass is 32.1. The van der Waals surface area contributed by atoms with Crippen molar-refractivity contribution in [2.45, 2.75) is 51.4 Å². The lowest BCUT2D eigenvalue weighted by Crippen LogP contribution is -2.42. The van der Waals surface area contributed by atoms with Crippen LogP contribution in [0.25, 0.3) is 0 Å². The van der Waals surface area contributed by atoms with Gasteiger partial charge in [-0.15, -0.1) is 11.3 Å². The Hall–Kier alpha value is -1.95. The van der Waals surface area contributed by atoms with E-state index in [1.807, 2.05) is 11.4 Å². The highest BCUT2D eigenvalue weighted by Gasteiger charge is 2.29. The summed E-state index contributed by atoms with van der Waals surface area (Å²) in [4.78, 5) is 23.8. The van der Waals surface area contributed by atoms with Crippen LogP contribution in [0.5, 0.6) is 0 Å². The van der Waals surface area contributed by atoms with Gasteiger partial charge in [0, 0.05) is 36.3 Å². The van der Waals surface area contributed by atoms with Crippen LogP contribution in [0.4, 0.5) is 10.9 Å². The number of likely N-dealkylation sites (tertiary alicyclic amines) is 1. The molecule has 1 saturated heterocycles. The maximum atomic E-state index is 12.7. The smallest absolute Gasteiger partial charge is 0.225 e. The quantitative estimate of drug-likeness (QED) is 0.816. The number of hydrogen-bond acceptors (Lipinski definition) is 5. The molecule has 0 radical (unpaired) electrons. The topological polar surface area (TPSA) is 58.1 Å². The third kappa shape index (κ3) is 4.86. The fraction of sp³-hybridized carbons (Fsp3) is 0.571. The van der Waals surface area contributed by atoms with Crippen LogP contribution in [-0.2, 0) is 11.2 Å². The summed E-state index contributed by atoms with van der Waals surface area (Å²) in [6.45, 7) is 1.83. The predicted molar refractivity (Wildman–Crippen MR) is 109 cm³/mol. The summed E-state index contributed by atoms with van der Waals surface area (Å²) < 4.78 is 0. The number of pyridine rings is 1. The average Bonchev–Trinajstić information content (AvgIpc) is 3.22. The van der Waals surface area contributed by atoms with Gasteiger partial charge in [0.15, 0.2) is 5.13 Å². The van der Waals surface area contributed by atoms with E-state index in [9.17, 15) is 4.79 Å². The lowest BCUT2D eigenvalue weighted by atomic mass is 9.86. The second kappa shape index (κ2) is 8.83. The van der Waals surface area contributed by atoms with E-state index < -0.39 is 0 Å². The SMILES string of the molecule is O=C(C1CCCCC1)N1CCC(Cc2cccc(Nc3nccs3)n2)CC1. The van der Waals surface area contributed by atoms with E-state index in [0.29, 0.717) is 17.7 Å². The Bertz CT molecular complexity index is 734. The van der Waals surface area contributed by atoms with Gasteiger partial charge in [-0.25, -0.2) is 9.97 Å². The maximum absolute atomic E-state index is 12.7. The van der Waals surface area contributed by atoms with E-state index >= 15 is 0 Å². The number of piperidine rings is 1. The molecule has 1 aliphatic carbocycles. The Morgan fingerprint density at radius 2 is 1.96 bits per heavy atom. The molecule has 1 N–H and O–H groups in total. The summed E-state index contributed by atoms with van der Waals surface area (Å²) in [5.41, 5.74) is 1.12. The van der Waals surface area contributed by atoms with Crippen molar-refractivity contribution >= 4 is 28.2 Å². The van der Waals surface area contributed by atoms with Gasteiger partial charge < -0.3 is 10.2 Å². The molecule has 2 aliphatic rings. The highest BCUT2D eigenvalue weighted by Crippen LogP contribution is 2.28. The van der Waals surface area contributed by atoms with E-state index in [0.717, 1.165) is 61.8 Å². The summed E-state index contributed by atoms with van der Waals surface area (Å²) in [5, 5.41) is 6.09. The number of amides is 1. The second-order valence-electron chi connectivity index (χ2n) is 7.78. The van der Waals surface area contributed by atoms with Crippen molar-refractivity contribution in [2.24, 2.45) is 11.8 Å². The van der Waals surface area contributed by atoms with Crippen molar-refractivity contribution < 1.29 is 4.79 Å². The molecule has 0 aromatic carbocycles. The molecule has 27 heavy (non-hydrogen) atoms. The van der Waals surface area contributed by atoms with Crippen LogP contribution >= 0.6 is 11.3 Å². The van der Waals surface area contributed by atoms with E-state index in [1.54, 1.807) is 17.5 Å². The first-order valence-corrected chi connectivity index (χ1v) is 11.1. The molecule has 2 aromatic rings. The Morgan fingerprint density at radius 3 is 2.70 bits per heavy atom. The Labute approximate surface area is 165 Å². The molecule has 144 valence electrons. The van der Waals surface area contributed by atoms with Crippen LogP contribution in [0.3, 0.4) is 0 Å². The third-order valence-corrected chi connectivity index (χ3v) is 6.54. The maximum Gasteiger partial charge on any atom is 0.225 e. The van der Waals surface area contributed by atoms with E-state index in [2.05, 4.69) is 27.3 Å². The number of aromatic nitrogens is 2. The number of carbonyl (C=O) groups is 1. The first-order chi connectivity index (χ1) is 13.3. The van der Waals surface area contributed by atoms with Crippen molar-refractivity contribution in [2.75, 3.05) is 18.4 Å². The molecule has 1 saturated carbocycles. The van der Waals surface area contributed by atoms with Gasteiger partial charge in [0.2, 0.25) is 5.91 Å². The zero-order chi connectivity index (χ0) is 18.5. The Kier molecular flexibility index (Phi) is 6.02. The molecule has 2 fully saturated rings. The normalized spacial score (nSPS) is 19.2. The number of anilines is 2. The largest absolute Gasteiger partial charge is 0.342 e. The summed E-state index contributed by atoms with van der Waals surface area (Å²) in [7, 11) is 0. The van der Waals surface area contributed by atoms with Gasteiger partial charge in [0.25, 0.3) is 0 Å². The lowest BCUT2D eigenvalue weighted by molar-refractivity contribution is -0.138. The van der Waals surface area contributed by atoms with Crippen LogP contribution in [0.2, 0.25) is 0 Å². The molecule has 1 aliphatic heterocycles. The van der Waals surface area contributed by atoms with Crippen molar-refractivity contribution in [1.29, 1.82) is 0 Å². The minimum absolute atomic E-state index is 0.297. The lowest BCUT2D eigenvalue weighted by Gasteiger charge is -2.35. The molecule has 2 aromatic heterocycles. The van der Waals surface area contributed by atoms with Crippen molar-refractivity contribution in [1.82, 2.24) is 14.9 Å². The second-order valence-corrected chi connectivity index (χ2v) is 8.68. The first kappa shape index (κ1) is 18.4. The zero-order valence-electron chi connectivity index (χ0n) is 15.8. The Balaban J connectivity index is 1.28. The van der Waals surface area contributed by atoms with Gasteiger partial charge in [0.05, 0.1) is 0 Å². The molecule has 5 nitrogen and oxygen atoms in total. The van der Waals surface area contributed by atoms with Gasteiger partial charge >= 0.3 is 0 Å². The summed E-state index contributed by atoms with van der Waals surface area (Å²) >= 11 is 1.57. The van der Waals surface area contributed by atoms with Crippen molar-refractivity contribution in [3.05, 3.63) is 35.5 Å². The molecule has 1 amide bonds. The molecule has 0 bridgehead atoms. The number of nitrogens with zero attached hydrogens (tertiary/aromatic N) is 3. The van der Waals surface area contributed by atoms with Crippen LogP contribution in [0, 0.1) is 11.8 Å². The summed E-state index contributed by atoms with van der Waals surface area (Å²) in [5.74, 6) is 2.18. The van der Waals surface area contributed by atoms with E-state index in [-0.39, 0.29) is 0 Å². The number of hydrogen-bond donors (Lipinski definition) is 1. The standard InChI is InChI=1S/C21H28N4OS/c26-20(17-5-2-1-3-6-17)25-12-9-16(10-13-25)15-18-7-4-8-19(23-18)24-21-22-11-14-27-21/h4,7-8,11,14,16-17H,1-3,5-6,9-10,12-13,15H2,(H,22,23,24). The van der Waals surface area contributed by atoms with Gasteiger partial charge in [0.1, 0.15) is 5.82 Å². The fourth-order valence-electron chi connectivity index (χ4n) is 4.32. The molecule has 3 heterocycles. The molecule has 4 rings (SSSR count). The molecular weight excluding hydrogens is 356 g/mol. The van der Waals surface area contributed by atoms with E-state index in [1.165, 1.54) is 19.3 Å². The van der Waals surface area contributed by atoms with Crippen molar-refractivity contribution in [3.63, 3.8) is 0 Å². The minimum Gasteiger partial charge on any atom is -0.342 e. The molecular formula is C21H28N4OS. The third-order valence-electron chi connectivity index (χ3n) is 5.85. The summed E-state index contributed by atoms with van der Waals surface area (Å²) in [6.07, 6.45) is 10.9. The van der Waals surface area contributed by atoms with Gasteiger partial charge in [-0.2, -0.15) is 0 Å². The Morgan fingerprint density at radius 1 is 1.15 bits per heavy atom. The van der Waals surface area contributed by atoms with Gasteiger partial charge in [-0.05, 0) is 50.2 Å². The summed E-state index contributed by atoms with van der Waals surface area (Å²) in [6, 6.07) is 6.14. The van der Waals surface area contributed by atoms with Crippen molar-refractivity contribution in [3.8, 4) is 0 Å². The highest BCUT2D eigenvalue weighted by molar-refractivity contribution is 7.13. The van der Waals surface area contributed by atoms with Crippen LogP contribution in [0.1, 0.15) is 50.6 Å². The van der Waals surface area contributed by atoms with Crippen LogP contribution in [-0.4, -0.2) is 33.9 Å². The van der Waals surface area contributed by atoms with Crippen LogP contribution in [0.15, 0.2) is 29.8 Å². The molecule has 0 atom stereocenters. The monoisotopic (exact) mass is 384 g/mol. The predicted octanol–water partition coefficient (Wildman–Crippen LogP) is 4.64. The number of nitrogens with one attached hydrogen (secondary N) is 1. The average molecular weight is 385 g/mol. The minimum atomic E-state index is 0.297. The number of thiazole rings is 1. The zero-order valence-corrected chi connectivity index (χ0v) is 16.6. The fourth-order valence-corrected chi connectivity index (χ4v) is 4.85. The molecule has 0 spiro atoms. The first-order valence-electron chi connectivity index (χ1n) is 10.2. The van der Waals surface area contributed by atoms with E-state index in [4.69, 9.17) is 4.98 Å². The number of carbonyl (C=O) groups excluding carboxylic acids is 1. The van der Waals surface area contributed by atoms with Crippen LogP contribution < -0.4 is 5.32 Å². The van der Waals surface area contributed by atoms with Gasteiger partial charge in [-0.3, -0.25) is 4.79 Å². The number of rotatable bonds is 5. The molecule has 0 unspecified atom stereocenters.